The Bertz CT molecular complexity index is 1160. The van der Waals surface area contributed by atoms with Crippen LogP contribution in [0.15, 0.2) is 53.6 Å². The lowest BCUT2D eigenvalue weighted by Gasteiger charge is -2.38. The molecular weight excluding hydrogens is 380 g/mol. The quantitative estimate of drug-likeness (QED) is 0.653. The van der Waals surface area contributed by atoms with Crippen molar-refractivity contribution in [1.29, 1.82) is 0 Å². The summed E-state index contributed by atoms with van der Waals surface area (Å²) in [5.41, 5.74) is 2.85. The first kappa shape index (κ1) is 18.7. The number of aryl methyl sites for hydroxylation is 2. The number of amides is 1. The number of carbonyl (C=O) groups is 1. The molecule has 0 bridgehead atoms. The van der Waals surface area contributed by atoms with Gasteiger partial charge in [0.2, 0.25) is 0 Å². The number of nitrogens with zero attached hydrogens (tertiary/aromatic N) is 4. The molecule has 0 radical (unpaired) electrons. The maximum atomic E-state index is 13.0. The number of aromatic nitrogens is 2. The summed E-state index contributed by atoms with van der Waals surface area (Å²) in [5.74, 6) is 0.906. The Labute approximate surface area is 174 Å². The van der Waals surface area contributed by atoms with Crippen molar-refractivity contribution in [2.24, 2.45) is 7.05 Å². The van der Waals surface area contributed by atoms with E-state index in [9.17, 15) is 9.59 Å². The maximum Gasteiger partial charge on any atom is 0.263 e. The predicted molar refractivity (Wildman–Crippen MR) is 115 cm³/mol. The molecule has 1 amide bonds. The Kier molecular flexibility index (Phi) is 4.65. The van der Waals surface area contributed by atoms with Crippen LogP contribution in [0, 0.1) is 0 Å². The summed E-state index contributed by atoms with van der Waals surface area (Å²) in [5, 5.41) is 0.618. The van der Waals surface area contributed by atoms with Crippen molar-refractivity contribution in [2.45, 2.75) is 18.9 Å². The van der Waals surface area contributed by atoms with Crippen molar-refractivity contribution in [2.75, 3.05) is 31.1 Å². The summed E-state index contributed by atoms with van der Waals surface area (Å²) in [4.78, 5) is 33.7. The van der Waals surface area contributed by atoms with E-state index in [0.717, 1.165) is 37.4 Å². The zero-order valence-corrected chi connectivity index (χ0v) is 17.0. The lowest BCUT2D eigenvalue weighted by Crippen LogP contribution is -2.53. The van der Waals surface area contributed by atoms with Crippen molar-refractivity contribution in [3.05, 3.63) is 64.7 Å². The number of hydrogen-bond donors (Lipinski definition) is 0. The van der Waals surface area contributed by atoms with Gasteiger partial charge in [0.1, 0.15) is 5.75 Å². The number of fused-ring (bicyclic) bond motifs is 2. The fourth-order valence-electron chi connectivity index (χ4n) is 4.28. The topological polar surface area (TPSA) is 67.7 Å². The van der Waals surface area contributed by atoms with E-state index in [4.69, 9.17) is 4.74 Å². The standard InChI is InChI=1S/C23H24N4O3/c1-25-15-24-19-14-17(7-8-18(19)22(25)28)26-10-12-27(13-11-26)23(29)21-9-6-16-4-2-3-5-20(16)30-21/h2-5,7-8,14-15,21H,6,9-13H2,1H3. The Morgan fingerprint density at radius 3 is 2.73 bits per heavy atom. The van der Waals surface area contributed by atoms with Crippen LogP contribution in [0.4, 0.5) is 5.69 Å². The molecule has 3 aromatic rings. The molecule has 5 rings (SSSR count). The number of benzene rings is 2. The van der Waals surface area contributed by atoms with Crippen molar-refractivity contribution in [3.63, 3.8) is 0 Å². The number of piperazine rings is 1. The minimum atomic E-state index is -0.396. The molecule has 0 saturated carbocycles. The van der Waals surface area contributed by atoms with Crippen LogP contribution >= 0.6 is 0 Å². The zero-order chi connectivity index (χ0) is 20.7. The molecule has 1 fully saturated rings. The van der Waals surface area contributed by atoms with Gasteiger partial charge in [0.25, 0.3) is 11.5 Å². The van der Waals surface area contributed by atoms with E-state index in [-0.39, 0.29) is 11.5 Å². The van der Waals surface area contributed by atoms with Gasteiger partial charge >= 0.3 is 0 Å². The number of anilines is 1. The first-order chi connectivity index (χ1) is 14.6. The van der Waals surface area contributed by atoms with Crippen LogP contribution < -0.4 is 15.2 Å². The van der Waals surface area contributed by atoms with Gasteiger partial charge in [-0.2, -0.15) is 0 Å². The van der Waals surface area contributed by atoms with Crippen molar-refractivity contribution in [3.8, 4) is 5.75 Å². The molecule has 0 spiro atoms. The Hall–Kier alpha value is -3.35. The number of carbonyl (C=O) groups excluding carboxylic acids is 1. The van der Waals surface area contributed by atoms with Gasteiger partial charge in [0, 0.05) is 38.9 Å². The van der Waals surface area contributed by atoms with E-state index in [0.29, 0.717) is 24.0 Å². The summed E-state index contributed by atoms with van der Waals surface area (Å²) < 4.78 is 7.47. The van der Waals surface area contributed by atoms with E-state index < -0.39 is 6.10 Å². The van der Waals surface area contributed by atoms with Crippen LogP contribution in [-0.4, -0.2) is 52.6 Å². The lowest BCUT2D eigenvalue weighted by atomic mass is 10.0. The molecule has 2 aliphatic rings. The maximum absolute atomic E-state index is 13.0. The third-order valence-electron chi connectivity index (χ3n) is 6.05. The SMILES string of the molecule is Cn1cnc2cc(N3CCN(C(=O)C4CCc5ccccc5O4)CC3)ccc2c1=O. The Morgan fingerprint density at radius 2 is 1.90 bits per heavy atom. The first-order valence-corrected chi connectivity index (χ1v) is 10.3. The summed E-state index contributed by atoms with van der Waals surface area (Å²) in [6.45, 7) is 2.79. The van der Waals surface area contributed by atoms with E-state index >= 15 is 0 Å². The molecule has 0 aliphatic carbocycles. The first-order valence-electron chi connectivity index (χ1n) is 10.3. The van der Waals surface area contributed by atoms with Gasteiger partial charge in [-0.15, -0.1) is 0 Å². The smallest absolute Gasteiger partial charge is 0.263 e. The highest BCUT2D eigenvalue weighted by atomic mass is 16.5. The summed E-state index contributed by atoms with van der Waals surface area (Å²) in [6.07, 6.45) is 2.75. The predicted octanol–water partition coefficient (Wildman–Crippen LogP) is 1.98. The highest BCUT2D eigenvalue weighted by Crippen LogP contribution is 2.28. The molecule has 30 heavy (non-hydrogen) atoms. The largest absolute Gasteiger partial charge is 0.480 e. The van der Waals surface area contributed by atoms with E-state index in [1.807, 2.05) is 41.3 Å². The third kappa shape index (κ3) is 3.30. The number of hydrogen-bond acceptors (Lipinski definition) is 5. The molecule has 1 saturated heterocycles. The third-order valence-corrected chi connectivity index (χ3v) is 6.05. The molecule has 3 heterocycles. The average molecular weight is 404 g/mol. The van der Waals surface area contributed by atoms with Crippen LogP contribution in [0.3, 0.4) is 0 Å². The normalized spacial score (nSPS) is 18.8. The average Bonchev–Trinajstić information content (AvgIpc) is 2.80. The second-order valence-corrected chi connectivity index (χ2v) is 7.93. The number of rotatable bonds is 2. The van der Waals surface area contributed by atoms with Crippen molar-refractivity contribution in [1.82, 2.24) is 14.5 Å². The van der Waals surface area contributed by atoms with Crippen LogP contribution in [0.1, 0.15) is 12.0 Å². The number of ether oxygens (including phenoxy) is 1. The zero-order valence-electron chi connectivity index (χ0n) is 17.0. The lowest BCUT2D eigenvalue weighted by molar-refractivity contribution is -0.139. The van der Waals surface area contributed by atoms with Gasteiger partial charge in [0.05, 0.1) is 17.2 Å². The molecule has 2 aromatic carbocycles. The fraction of sp³-hybridized carbons (Fsp3) is 0.348. The van der Waals surface area contributed by atoms with Crippen LogP contribution in [0.2, 0.25) is 0 Å². The summed E-state index contributed by atoms with van der Waals surface area (Å²) in [6, 6.07) is 13.7. The second kappa shape index (κ2) is 7.48. The molecule has 2 aliphatic heterocycles. The molecule has 154 valence electrons. The van der Waals surface area contributed by atoms with E-state index in [1.165, 1.54) is 10.1 Å². The van der Waals surface area contributed by atoms with Gasteiger partial charge < -0.3 is 19.1 Å². The second-order valence-electron chi connectivity index (χ2n) is 7.93. The van der Waals surface area contributed by atoms with Gasteiger partial charge in [0.15, 0.2) is 6.10 Å². The van der Waals surface area contributed by atoms with Gasteiger partial charge in [-0.3, -0.25) is 9.59 Å². The summed E-state index contributed by atoms with van der Waals surface area (Å²) >= 11 is 0. The molecule has 7 heteroatoms. The van der Waals surface area contributed by atoms with Gasteiger partial charge in [-0.05, 0) is 42.7 Å². The molecule has 1 unspecified atom stereocenters. The van der Waals surface area contributed by atoms with E-state index in [1.54, 1.807) is 13.4 Å². The highest BCUT2D eigenvalue weighted by molar-refractivity contribution is 5.83. The monoisotopic (exact) mass is 404 g/mol. The van der Waals surface area contributed by atoms with Gasteiger partial charge in [-0.25, -0.2) is 4.98 Å². The van der Waals surface area contributed by atoms with Crippen LogP contribution in [-0.2, 0) is 18.3 Å². The molecule has 7 nitrogen and oxygen atoms in total. The van der Waals surface area contributed by atoms with Crippen molar-refractivity contribution >= 4 is 22.5 Å². The van der Waals surface area contributed by atoms with Crippen LogP contribution in [0.25, 0.3) is 10.9 Å². The summed E-state index contributed by atoms with van der Waals surface area (Å²) in [7, 11) is 1.70. The highest BCUT2D eigenvalue weighted by Gasteiger charge is 2.31. The molecule has 1 atom stereocenters. The van der Waals surface area contributed by atoms with Gasteiger partial charge in [-0.1, -0.05) is 18.2 Å². The minimum Gasteiger partial charge on any atom is -0.480 e. The van der Waals surface area contributed by atoms with E-state index in [2.05, 4.69) is 16.0 Å². The van der Waals surface area contributed by atoms with Crippen LogP contribution in [0.5, 0.6) is 5.75 Å². The Balaban J connectivity index is 1.25. The minimum absolute atomic E-state index is 0.0454. The molecule has 1 aromatic heterocycles. The Morgan fingerprint density at radius 1 is 1.10 bits per heavy atom. The number of para-hydroxylation sites is 1. The molecular formula is C23H24N4O3. The van der Waals surface area contributed by atoms with Crippen molar-refractivity contribution < 1.29 is 9.53 Å². The fourth-order valence-corrected chi connectivity index (χ4v) is 4.28. The molecule has 0 N–H and O–H groups in total.